The van der Waals surface area contributed by atoms with Gasteiger partial charge in [0, 0.05) is 11.3 Å². The van der Waals surface area contributed by atoms with E-state index in [1.807, 2.05) is 18.5 Å². The molecular formula is C14H23N3O3. The van der Waals surface area contributed by atoms with Gasteiger partial charge in [0.1, 0.15) is 6.61 Å². The average Bonchev–Trinajstić information content (AvgIpc) is 2.82. The molecule has 0 aromatic carbocycles. The van der Waals surface area contributed by atoms with Crippen LogP contribution in [0.5, 0.6) is 0 Å². The Morgan fingerprint density at radius 3 is 3.15 bits per heavy atom. The highest BCUT2D eigenvalue weighted by Gasteiger charge is 2.25. The lowest BCUT2D eigenvalue weighted by Crippen LogP contribution is -2.34. The molecule has 2 N–H and O–H groups in total. The monoisotopic (exact) mass is 281 g/mol. The summed E-state index contributed by atoms with van der Waals surface area (Å²) in [5, 5.41) is 16.3. The fraction of sp³-hybridized carbons (Fsp3) is 0.714. The number of rotatable bonds is 6. The van der Waals surface area contributed by atoms with Crippen molar-refractivity contribution >= 4 is 5.91 Å². The lowest BCUT2D eigenvalue weighted by Gasteiger charge is -2.24. The third-order valence-corrected chi connectivity index (χ3v) is 3.46. The van der Waals surface area contributed by atoms with Gasteiger partial charge < -0.3 is 15.2 Å². The van der Waals surface area contributed by atoms with E-state index in [4.69, 9.17) is 9.84 Å². The van der Waals surface area contributed by atoms with Gasteiger partial charge in [-0.15, -0.1) is 0 Å². The van der Waals surface area contributed by atoms with Crippen LogP contribution in [-0.2, 0) is 22.5 Å². The van der Waals surface area contributed by atoms with E-state index in [9.17, 15) is 4.79 Å². The summed E-state index contributed by atoms with van der Waals surface area (Å²) in [5.41, 5.74) is 2.20. The van der Waals surface area contributed by atoms with Crippen molar-refractivity contribution in [2.45, 2.75) is 51.8 Å². The molecule has 1 aromatic heterocycles. The van der Waals surface area contributed by atoms with Gasteiger partial charge in [-0.2, -0.15) is 5.10 Å². The number of aliphatic hydroxyl groups excluding tert-OH is 1. The molecule has 0 fully saturated rings. The number of nitrogens with one attached hydrogen (secondary N) is 1. The standard InChI is InChI=1S/C14H23N3O3/c1-10(2)20-9-14(19)16-12-4-3-5-13-11(12)8-15-17(13)6-7-18/h8,10,12,18H,3-7,9H2,1-2H3,(H,16,19). The molecule has 0 aliphatic heterocycles. The summed E-state index contributed by atoms with van der Waals surface area (Å²) in [6.45, 7) is 4.49. The number of nitrogens with zero attached hydrogens (tertiary/aromatic N) is 2. The first-order chi connectivity index (χ1) is 9.61. The van der Waals surface area contributed by atoms with E-state index < -0.39 is 0 Å². The zero-order valence-electron chi connectivity index (χ0n) is 12.1. The fourth-order valence-electron chi connectivity index (χ4n) is 2.53. The zero-order chi connectivity index (χ0) is 14.5. The third kappa shape index (κ3) is 3.58. The molecule has 0 bridgehead atoms. The van der Waals surface area contributed by atoms with Crippen molar-refractivity contribution in [3.8, 4) is 0 Å². The van der Waals surface area contributed by atoms with Gasteiger partial charge in [0.2, 0.25) is 5.91 Å². The van der Waals surface area contributed by atoms with E-state index in [1.54, 1.807) is 6.20 Å². The van der Waals surface area contributed by atoms with Crippen molar-refractivity contribution in [1.82, 2.24) is 15.1 Å². The molecule has 0 saturated heterocycles. The Hall–Kier alpha value is -1.40. The summed E-state index contributed by atoms with van der Waals surface area (Å²) in [6, 6.07) is 0.00875. The predicted molar refractivity (Wildman–Crippen MR) is 74.2 cm³/mol. The molecule has 1 unspecified atom stereocenters. The number of carbonyl (C=O) groups excluding carboxylic acids is 1. The Morgan fingerprint density at radius 2 is 2.45 bits per heavy atom. The molecule has 0 saturated carbocycles. The average molecular weight is 281 g/mol. The molecule has 1 aromatic rings. The maximum Gasteiger partial charge on any atom is 0.246 e. The van der Waals surface area contributed by atoms with Crippen LogP contribution in [0.1, 0.15) is 44.0 Å². The lowest BCUT2D eigenvalue weighted by molar-refractivity contribution is -0.128. The fourth-order valence-corrected chi connectivity index (χ4v) is 2.53. The highest BCUT2D eigenvalue weighted by molar-refractivity contribution is 5.77. The topological polar surface area (TPSA) is 76.4 Å². The predicted octanol–water partition coefficient (Wildman–Crippen LogP) is 0.794. The van der Waals surface area contributed by atoms with Crippen LogP contribution in [0.25, 0.3) is 0 Å². The van der Waals surface area contributed by atoms with Gasteiger partial charge in [-0.25, -0.2) is 0 Å². The molecule has 112 valence electrons. The van der Waals surface area contributed by atoms with Crippen molar-refractivity contribution in [3.63, 3.8) is 0 Å². The highest BCUT2D eigenvalue weighted by Crippen LogP contribution is 2.29. The number of hydrogen-bond donors (Lipinski definition) is 2. The van der Waals surface area contributed by atoms with Crippen molar-refractivity contribution in [2.75, 3.05) is 13.2 Å². The molecule has 1 heterocycles. The Labute approximate surface area is 119 Å². The number of aliphatic hydroxyl groups is 1. The third-order valence-electron chi connectivity index (χ3n) is 3.46. The van der Waals surface area contributed by atoms with Gasteiger partial charge in [-0.1, -0.05) is 0 Å². The van der Waals surface area contributed by atoms with E-state index in [1.165, 1.54) is 0 Å². The molecular weight excluding hydrogens is 258 g/mol. The maximum absolute atomic E-state index is 11.9. The van der Waals surface area contributed by atoms with Crippen molar-refractivity contribution in [2.24, 2.45) is 0 Å². The van der Waals surface area contributed by atoms with Crippen LogP contribution in [0.3, 0.4) is 0 Å². The molecule has 6 heteroatoms. The number of amides is 1. The SMILES string of the molecule is CC(C)OCC(=O)NC1CCCc2c1cnn2CCO. The van der Waals surface area contributed by atoms with Crippen LogP contribution in [0.4, 0.5) is 0 Å². The van der Waals surface area contributed by atoms with Crippen molar-refractivity contribution < 1.29 is 14.6 Å². The Kier molecular flexibility index (Phi) is 5.14. The zero-order valence-corrected chi connectivity index (χ0v) is 12.1. The van der Waals surface area contributed by atoms with E-state index >= 15 is 0 Å². The lowest BCUT2D eigenvalue weighted by atomic mass is 9.93. The summed E-state index contributed by atoms with van der Waals surface area (Å²) >= 11 is 0. The highest BCUT2D eigenvalue weighted by atomic mass is 16.5. The summed E-state index contributed by atoms with van der Waals surface area (Å²) in [4.78, 5) is 11.9. The minimum atomic E-state index is -0.0912. The van der Waals surface area contributed by atoms with Crippen LogP contribution in [-0.4, -0.2) is 40.1 Å². The molecule has 1 aliphatic carbocycles. The van der Waals surface area contributed by atoms with Crippen LogP contribution in [0.2, 0.25) is 0 Å². The number of ether oxygens (including phenoxy) is 1. The quantitative estimate of drug-likeness (QED) is 0.808. The number of fused-ring (bicyclic) bond motifs is 1. The second-order valence-corrected chi connectivity index (χ2v) is 5.37. The summed E-state index contributed by atoms with van der Waals surface area (Å²) in [7, 11) is 0. The number of aromatic nitrogens is 2. The maximum atomic E-state index is 11.9. The van der Waals surface area contributed by atoms with E-state index in [-0.39, 0.29) is 31.3 Å². The van der Waals surface area contributed by atoms with Crippen molar-refractivity contribution in [1.29, 1.82) is 0 Å². The summed E-state index contributed by atoms with van der Waals surface area (Å²) < 4.78 is 7.14. The van der Waals surface area contributed by atoms with E-state index in [2.05, 4.69) is 10.4 Å². The molecule has 0 radical (unpaired) electrons. The van der Waals surface area contributed by atoms with Crippen LogP contribution in [0, 0.1) is 0 Å². The Morgan fingerprint density at radius 1 is 1.65 bits per heavy atom. The molecule has 6 nitrogen and oxygen atoms in total. The van der Waals surface area contributed by atoms with Gasteiger partial charge in [0.25, 0.3) is 0 Å². The Bertz CT molecular complexity index is 457. The molecule has 1 amide bonds. The van der Waals surface area contributed by atoms with Crippen LogP contribution < -0.4 is 5.32 Å². The minimum Gasteiger partial charge on any atom is -0.394 e. The molecule has 1 aliphatic rings. The largest absolute Gasteiger partial charge is 0.394 e. The first kappa shape index (κ1) is 15.0. The number of carbonyl (C=O) groups is 1. The van der Waals surface area contributed by atoms with Gasteiger partial charge in [-0.05, 0) is 33.1 Å². The molecule has 0 spiro atoms. The van der Waals surface area contributed by atoms with Gasteiger partial charge in [-0.3, -0.25) is 9.48 Å². The summed E-state index contributed by atoms with van der Waals surface area (Å²) in [5.74, 6) is -0.0912. The summed E-state index contributed by atoms with van der Waals surface area (Å²) in [6.07, 6.45) is 4.74. The Balaban J connectivity index is 2.00. The van der Waals surface area contributed by atoms with Crippen molar-refractivity contribution in [3.05, 3.63) is 17.5 Å². The second kappa shape index (κ2) is 6.85. The van der Waals surface area contributed by atoms with E-state index in [0.29, 0.717) is 6.54 Å². The van der Waals surface area contributed by atoms with Crippen LogP contribution >= 0.6 is 0 Å². The first-order valence-corrected chi connectivity index (χ1v) is 7.18. The molecule has 2 rings (SSSR count). The van der Waals surface area contributed by atoms with Crippen LogP contribution in [0.15, 0.2) is 6.20 Å². The molecule has 20 heavy (non-hydrogen) atoms. The normalized spacial score (nSPS) is 18.1. The van der Waals surface area contributed by atoms with Gasteiger partial charge in [0.05, 0.1) is 31.5 Å². The van der Waals surface area contributed by atoms with Gasteiger partial charge in [0.15, 0.2) is 0 Å². The molecule has 1 atom stereocenters. The second-order valence-electron chi connectivity index (χ2n) is 5.37. The smallest absolute Gasteiger partial charge is 0.246 e. The first-order valence-electron chi connectivity index (χ1n) is 7.18. The van der Waals surface area contributed by atoms with Gasteiger partial charge >= 0.3 is 0 Å². The van der Waals surface area contributed by atoms with E-state index in [0.717, 1.165) is 30.5 Å². The number of hydrogen-bond acceptors (Lipinski definition) is 4. The minimum absolute atomic E-state index is 0.00875.